The van der Waals surface area contributed by atoms with Crippen LogP contribution in [0.15, 0.2) is 36.5 Å². The number of hydrogen-bond acceptors (Lipinski definition) is 3. The number of aromatic nitrogens is 1. The number of aryl methyl sites for hydroxylation is 1. The van der Waals surface area contributed by atoms with E-state index < -0.39 is 0 Å². The second kappa shape index (κ2) is 5.60. The molecule has 0 saturated heterocycles. The van der Waals surface area contributed by atoms with E-state index in [1.54, 1.807) is 25.3 Å². The van der Waals surface area contributed by atoms with Gasteiger partial charge in [-0.15, -0.1) is 0 Å². The number of nitrogens with zero attached hydrogens (tertiary/aromatic N) is 1. The molecule has 1 heterocycles. The Morgan fingerprint density at radius 1 is 1.28 bits per heavy atom. The van der Waals surface area contributed by atoms with Gasteiger partial charge in [-0.3, -0.25) is 0 Å². The second-order valence-corrected chi connectivity index (χ2v) is 4.06. The van der Waals surface area contributed by atoms with Gasteiger partial charge in [-0.05, 0) is 49.2 Å². The van der Waals surface area contributed by atoms with Gasteiger partial charge in [0.15, 0.2) is 0 Å². The Hall–Kier alpha value is -1.94. The number of hydrogen-bond donors (Lipinski definition) is 1. The Morgan fingerprint density at radius 3 is 2.72 bits per heavy atom. The summed E-state index contributed by atoms with van der Waals surface area (Å²) >= 11 is 0. The van der Waals surface area contributed by atoms with E-state index in [1.165, 1.54) is 12.1 Å². The highest BCUT2D eigenvalue weighted by Gasteiger charge is 2.03. The van der Waals surface area contributed by atoms with Crippen molar-refractivity contribution >= 4 is 0 Å². The monoisotopic (exact) mass is 246 g/mol. The van der Waals surface area contributed by atoms with E-state index >= 15 is 0 Å². The van der Waals surface area contributed by atoms with Crippen LogP contribution in [0, 0.1) is 12.7 Å². The van der Waals surface area contributed by atoms with Crippen LogP contribution in [0.1, 0.15) is 11.1 Å². The van der Waals surface area contributed by atoms with E-state index in [4.69, 9.17) is 10.5 Å². The molecule has 94 valence electrons. The average Bonchev–Trinajstić information content (AvgIpc) is 2.35. The molecule has 0 aliphatic rings. The number of ether oxygens (including phenoxy) is 1. The first kappa shape index (κ1) is 12.5. The number of halogens is 1. The van der Waals surface area contributed by atoms with Crippen molar-refractivity contribution in [2.75, 3.05) is 6.54 Å². The maximum Gasteiger partial charge on any atom is 0.219 e. The van der Waals surface area contributed by atoms with Crippen LogP contribution in [-0.2, 0) is 6.42 Å². The van der Waals surface area contributed by atoms with Crippen molar-refractivity contribution < 1.29 is 9.13 Å². The maximum absolute atomic E-state index is 12.9. The largest absolute Gasteiger partial charge is 0.439 e. The fourth-order valence-electron chi connectivity index (χ4n) is 1.63. The van der Waals surface area contributed by atoms with E-state index in [0.717, 1.165) is 17.5 Å². The third-order valence-corrected chi connectivity index (χ3v) is 2.58. The normalized spacial score (nSPS) is 10.4. The van der Waals surface area contributed by atoms with Crippen molar-refractivity contribution in [2.24, 2.45) is 5.73 Å². The van der Waals surface area contributed by atoms with Crippen LogP contribution in [0.3, 0.4) is 0 Å². The lowest BCUT2D eigenvalue weighted by atomic mass is 10.2. The second-order valence-electron chi connectivity index (χ2n) is 4.06. The lowest BCUT2D eigenvalue weighted by molar-refractivity contribution is 0.457. The first-order valence-corrected chi connectivity index (χ1v) is 5.78. The predicted octanol–water partition coefficient (Wildman–Crippen LogP) is 2.82. The maximum atomic E-state index is 12.9. The Bertz CT molecular complexity index is 526. The summed E-state index contributed by atoms with van der Waals surface area (Å²) in [7, 11) is 0. The van der Waals surface area contributed by atoms with Gasteiger partial charge >= 0.3 is 0 Å². The lowest BCUT2D eigenvalue weighted by Crippen LogP contribution is -2.02. The molecule has 0 unspecified atom stereocenters. The zero-order chi connectivity index (χ0) is 13.0. The third kappa shape index (κ3) is 3.05. The molecule has 0 saturated carbocycles. The zero-order valence-electron chi connectivity index (χ0n) is 10.2. The highest BCUT2D eigenvalue weighted by Crippen LogP contribution is 2.24. The van der Waals surface area contributed by atoms with Gasteiger partial charge in [0.2, 0.25) is 5.88 Å². The standard InChI is InChI=1S/C14H15FN2O/c1-10-8-12(15)3-4-13(10)18-14-5-2-11(6-7-16)9-17-14/h2-5,8-9H,6-7,16H2,1H3. The Balaban J connectivity index is 2.13. The minimum atomic E-state index is -0.272. The van der Waals surface area contributed by atoms with E-state index in [0.29, 0.717) is 18.2 Å². The molecule has 3 nitrogen and oxygen atoms in total. The van der Waals surface area contributed by atoms with Crippen molar-refractivity contribution in [3.63, 3.8) is 0 Å². The molecule has 2 aromatic rings. The molecule has 0 amide bonds. The first-order valence-electron chi connectivity index (χ1n) is 5.78. The van der Waals surface area contributed by atoms with Crippen LogP contribution in [0.25, 0.3) is 0 Å². The van der Waals surface area contributed by atoms with Gasteiger partial charge in [0.25, 0.3) is 0 Å². The Morgan fingerprint density at radius 2 is 2.11 bits per heavy atom. The summed E-state index contributed by atoms with van der Waals surface area (Å²) in [6.07, 6.45) is 2.53. The predicted molar refractivity (Wildman–Crippen MR) is 68.2 cm³/mol. The molecule has 0 atom stereocenters. The molecule has 0 bridgehead atoms. The van der Waals surface area contributed by atoms with Crippen molar-refractivity contribution in [2.45, 2.75) is 13.3 Å². The fraction of sp³-hybridized carbons (Fsp3) is 0.214. The van der Waals surface area contributed by atoms with Crippen LogP contribution >= 0.6 is 0 Å². The quantitative estimate of drug-likeness (QED) is 0.902. The molecule has 0 aliphatic carbocycles. The van der Waals surface area contributed by atoms with Crippen molar-refractivity contribution in [1.82, 2.24) is 4.98 Å². The third-order valence-electron chi connectivity index (χ3n) is 2.58. The SMILES string of the molecule is Cc1cc(F)ccc1Oc1ccc(CCN)cn1. The molecule has 0 radical (unpaired) electrons. The van der Waals surface area contributed by atoms with Crippen molar-refractivity contribution in [3.05, 3.63) is 53.5 Å². The average molecular weight is 246 g/mol. The summed E-state index contributed by atoms with van der Waals surface area (Å²) in [5.41, 5.74) is 7.27. The summed E-state index contributed by atoms with van der Waals surface area (Å²) < 4.78 is 18.5. The Kier molecular flexibility index (Phi) is 3.89. The summed E-state index contributed by atoms with van der Waals surface area (Å²) in [6, 6.07) is 8.10. The number of pyridine rings is 1. The van der Waals surface area contributed by atoms with Gasteiger partial charge in [-0.25, -0.2) is 9.37 Å². The highest BCUT2D eigenvalue weighted by atomic mass is 19.1. The van der Waals surface area contributed by atoms with Gasteiger partial charge < -0.3 is 10.5 Å². The molecule has 0 spiro atoms. The molecule has 2 N–H and O–H groups in total. The summed E-state index contributed by atoms with van der Waals surface area (Å²) in [5.74, 6) is 0.826. The molecule has 18 heavy (non-hydrogen) atoms. The number of rotatable bonds is 4. The Labute approximate surface area is 105 Å². The number of benzene rings is 1. The van der Waals surface area contributed by atoms with Crippen molar-refractivity contribution in [3.8, 4) is 11.6 Å². The molecular formula is C14H15FN2O. The van der Waals surface area contributed by atoms with Gasteiger partial charge in [-0.1, -0.05) is 6.07 Å². The topological polar surface area (TPSA) is 48.1 Å². The summed E-state index contributed by atoms with van der Waals surface area (Å²) in [4.78, 5) is 4.18. The van der Waals surface area contributed by atoms with Gasteiger partial charge in [0, 0.05) is 12.3 Å². The van der Waals surface area contributed by atoms with Gasteiger partial charge in [-0.2, -0.15) is 0 Å². The van der Waals surface area contributed by atoms with Crippen LogP contribution in [0.2, 0.25) is 0 Å². The fourth-order valence-corrected chi connectivity index (χ4v) is 1.63. The smallest absolute Gasteiger partial charge is 0.219 e. The molecule has 1 aromatic carbocycles. The van der Waals surface area contributed by atoms with E-state index in [-0.39, 0.29) is 5.82 Å². The molecule has 0 fully saturated rings. The summed E-state index contributed by atoms with van der Waals surface area (Å²) in [5, 5.41) is 0. The first-order chi connectivity index (χ1) is 8.69. The molecule has 2 rings (SSSR count). The summed E-state index contributed by atoms with van der Waals surface area (Å²) in [6.45, 7) is 2.39. The van der Waals surface area contributed by atoms with Gasteiger partial charge in [0.1, 0.15) is 11.6 Å². The zero-order valence-corrected chi connectivity index (χ0v) is 10.2. The van der Waals surface area contributed by atoms with Gasteiger partial charge in [0.05, 0.1) is 0 Å². The van der Waals surface area contributed by atoms with Crippen LogP contribution in [0.5, 0.6) is 11.6 Å². The minimum Gasteiger partial charge on any atom is -0.439 e. The molecule has 1 aromatic heterocycles. The minimum absolute atomic E-state index is 0.272. The van der Waals surface area contributed by atoms with E-state index in [2.05, 4.69) is 4.98 Å². The molecule has 4 heteroatoms. The van der Waals surface area contributed by atoms with E-state index in [9.17, 15) is 4.39 Å². The van der Waals surface area contributed by atoms with Crippen molar-refractivity contribution in [1.29, 1.82) is 0 Å². The molecule has 0 aliphatic heterocycles. The number of nitrogens with two attached hydrogens (primary N) is 1. The van der Waals surface area contributed by atoms with Crippen LogP contribution in [0.4, 0.5) is 4.39 Å². The van der Waals surface area contributed by atoms with E-state index in [1.807, 2.05) is 6.07 Å². The van der Waals surface area contributed by atoms with Crippen LogP contribution < -0.4 is 10.5 Å². The highest BCUT2D eigenvalue weighted by molar-refractivity contribution is 5.35. The van der Waals surface area contributed by atoms with Crippen LogP contribution in [-0.4, -0.2) is 11.5 Å². The lowest BCUT2D eigenvalue weighted by Gasteiger charge is -2.08. The molecular weight excluding hydrogens is 231 g/mol.